The molecule has 0 aliphatic heterocycles. The summed E-state index contributed by atoms with van der Waals surface area (Å²) in [6.07, 6.45) is -0.626. The number of aliphatic carboxylic acids is 1. The van der Waals surface area contributed by atoms with Crippen molar-refractivity contribution in [3.8, 4) is 0 Å². The minimum absolute atomic E-state index is 0.0935. The highest BCUT2D eigenvalue weighted by Crippen LogP contribution is 2.06. The molecule has 6 N–H and O–H groups in total. The number of carboxylic acids is 1. The fourth-order valence-electron chi connectivity index (χ4n) is 1.54. The zero-order valence-electron chi connectivity index (χ0n) is 12.8. The van der Waals surface area contributed by atoms with Gasteiger partial charge in [-0.05, 0) is 26.2 Å². The lowest BCUT2D eigenvalue weighted by Gasteiger charge is -2.23. The van der Waals surface area contributed by atoms with Crippen LogP contribution in [0.3, 0.4) is 0 Å². The van der Waals surface area contributed by atoms with E-state index in [2.05, 4.69) is 5.32 Å². The average molecular weight is 303 g/mol. The van der Waals surface area contributed by atoms with E-state index in [0.717, 1.165) is 0 Å². The van der Waals surface area contributed by atoms with Crippen molar-refractivity contribution >= 4 is 17.8 Å². The van der Waals surface area contributed by atoms with Crippen molar-refractivity contribution in [3.05, 3.63) is 0 Å². The van der Waals surface area contributed by atoms with E-state index < -0.39 is 42.1 Å². The minimum atomic E-state index is -1.17. The third-order valence-electron chi connectivity index (χ3n) is 2.80. The van der Waals surface area contributed by atoms with Gasteiger partial charge in [-0.3, -0.25) is 9.59 Å². The molecule has 0 aliphatic rings. The van der Waals surface area contributed by atoms with Gasteiger partial charge in [-0.25, -0.2) is 4.79 Å². The Morgan fingerprint density at radius 2 is 1.67 bits per heavy atom. The van der Waals surface area contributed by atoms with Crippen LogP contribution in [0.2, 0.25) is 0 Å². The third-order valence-corrected chi connectivity index (χ3v) is 2.80. The van der Waals surface area contributed by atoms with Crippen LogP contribution in [0.5, 0.6) is 0 Å². The summed E-state index contributed by atoms with van der Waals surface area (Å²) < 4.78 is 4.92. The first-order valence-electron chi connectivity index (χ1n) is 6.81. The van der Waals surface area contributed by atoms with E-state index in [-0.39, 0.29) is 12.3 Å². The number of hydrogen-bond acceptors (Lipinski definition) is 6. The first-order chi connectivity index (χ1) is 9.56. The van der Waals surface area contributed by atoms with Gasteiger partial charge in [0.1, 0.15) is 24.2 Å². The summed E-state index contributed by atoms with van der Waals surface area (Å²) in [6, 6.07) is -3.02. The first kappa shape index (κ1) is 19.3. The van der Waals surface area contributed by atoms with E-state index >= 15 is 0 Å². The molecule has 0 saturated carbocycles. The van der Waals surface area contributed by atoms with E-state index in [9.17, 15) is 14.4 Å². The Hall–Kier alpha value is -1.67. The molecule has 0 aromatic rings. The predicted octanol–water partition coefficient (Wildman–Crippen LogP) is -0.792. The largest absolute Gasteiger partial charge is 0.480 e. The number of carbonyl (C=O) groups is 3. The fraction of sp³-hybridized carbons (Fsp3) is 0.769. The first-order valence-corrected chi connectivity index (χ1v) is 6.81. The number of carbonyl (C=O) groups excluding carboxylic acids is 2. The Balaban J connectivity index is 4.61. The number of amides is 1. The molecule has 0 bridgehead atoms. The lowest BCUT2D eigenvalue weighted by molar-refractivity contribution is -0.152. The quantitative estimate of drug-likeness (QED) is 0.430. The molecule has 0 rings (SSSR count). The van der Waals surface area contributed by atoms with Crippen LogP contribution < -0.4 is 16.8 Å². The highest BCUT2D eigenvalue weighted by Gasteiger charge is 2.29. The summed E-state index contributed by atoms with van der Waals surface area (Å²) in [7, 11) is 0. The summed E-state index contributed by atoms with van der Waals surface area (Å²) in [5, 5.41) is 11.4. The standard InChI is InChI=1S/C13H25N3O5/c1-6(2)5-9(12(18)19)16-11(17)10(15)8(4)21-13(20)7(3)14/h6-10H,5,14-15H2,1-4H3,(H,16,17)(H,18,19)/t7-,8+,9-,10-/m0/s1. The number of rotatable bonds is 8. The second-order valence-electron chi connectivity index (χ2n) is 5.49. The van der Waals surface area contributed by atoms with Gasteiger partial charge < -0.3 is 26.6 Å². The molecule has 8 heteroatoms. The fourth-order valence-corrected chi connectivity index (χ4v) is 1.54. The zero-order valence-corrected chi connectivity index (χ0v) is 12.8. The van der Waals surface area contributed by atoms with Gasteiger partial charge in [0, 0.05) is 0 Å². The molecule has 0 fully saturated rings. The van der Waals surface area contributed by atoms with Crippen LogP contribution in [0.25, 0.3) is 0 Å². The van der Waals surface area contributed by atoms with E-state index in [0.29, 0.717) is 0 Å². The lowest BCUT2D eigenvalue weighted by Crippen LogP contribution is -2.53. The molecule has 0 unspecified atom stereocenters. The minimum Gasteiger partial charge on any atom is -0.480 e. The Morgan fingerprint density at radius 3 is 2.05 bits per heavy atom. The Labute approximate surface area is 124 Å². The van der Waals surface area contributed by atoms with Crippen LogP contribution in [0.15, 0.2) is 0 Å². The maximum atomic E-state index is 11.9. The SMILES string of the molecule is CC(C)C[C@H](NC(=O)[C@@H](N)[C@@H](C)OC(=O)[C@H](C)N)C(=O)O. The molecule has 0 radical (unpaired) electrons. The molecular formula is C13H25N3O5. The number of esters is 1. The smallest absolute Gasteiger partial charge is 0.326 e. The van der Waals surface area contributed by atoms with Gasteiger partial charge in [-0.1, -0.05) is 13.8 Å². The third kappa shape index (κ3) is 7.05. The summed E-state index contributed by atoms with van der Waals surface area (Å²) in [5.74, 6) is -2.41. The Kier molecular flexibility index (Phi) is 7.90. The van der Waals surface area contributed by atoms with E-state index in [1.807, 2.05) is 13.8 Å². The van der Waals surface area contributed by atoms with Crippen molar-refractivity contribution in [2.24, 2.45) is 17.4 Å². The predicted molar refractivity (Wildman–Crippen MR) is 76.2 cm³/mol. The van der Waals surface area contributed by atoms with Crippen molar-refractivity contribution in [1.29, 1.82) is 0 Å². The van der Waals surface area contributed by atoms with Crippen molar-refractivity contribution in [2.75, 3.05) is 0 Å². The van der Waals surface area contributed by atoms with Crippen LogP contribution in [0, 0.1) is 5.92 Å². The summed E-state index contributed by atoms with van der Waals surface area (Å²) >= 11 is 0. The molecule has 1 amide bonds. The number of carboxylic acid groups (broad SMARTS) is 1. The molecule has 0 aromatic carbocycles. The molecule has 0 aliphatic carbocycles. The van der Waals surface area contributed by atoms with Gasteiger partial charge in [0.15, 0.2) is 0 Å². The molecule has 4 atom stereocenters. The van der Waals surface area contributed by atoms with Crippen molar-refractivity contribution in [2.45, 2.75) is 58.3 Å². The number of hydrogen-bond donors (Lipinski definition) is 4. The van der Waals surface area contributed by atoms with Gasteiger partial charge in [0.25, 0.3) is 0 Å². The van der Waals surface area contributed by atoms with Crippen molar-refractivity contribution in [1.82, 2.24) is 5.32 Å². The normalized spacial score (nSPS) is 16.7. The summed E-state index contributed by atoms with van der Waals surface area (Å²) in [4.78, 5) is 34.3. The molecule has 0 heterocycles. The van der Waals surface area contributed by atoms with Gasteiger partial charge in [0.05, 0.1) is 0 Å². The molecule has 8 nitrogen and oxygen atoms in total. The highest BCUT2D eigenvalue weighted by molar-refractivity contribution is 5.87. The molecular weight excluding hydrogens is 278 g/mol. The molecule has 122 valence electrons. The molecule has 21 heavy (non-hydrogen) atoms. The van der Waals surface area contributed by atoms with Crippen molar-refractivity contribution in [3.63, 3.8) is 0 Å². The van der Waals surface area contributed by atoms with Crippen LogP contribution in [-0.4, -0.2) is 47.2 Å². The summed E-state index contributed by atoms with van der Waals surface area (Å²) in [5.41, 5.74) is 11.0. The maximum Gasteiger partial charge on any atom is 0.326 e. The van der Waals surface area contributed by atoms with Gasteiger partial charge in [0.2, 0.25) is 5.91 Å². The molecule has 0 spiro atoms. The van der Waals surface area contributed by atoms with Gasteiger partial charge in [-0.15, -0.1) is 0 Å². The van der Waals surface area contributed by atoms with E-state index in [1.54, 1.807) is 0 Å². The van der Waals surface area contributed by atoms with Crippen LogP contribution >= 0.6 is 0 Å². The molecule has 0 aromatic heterocycles. The Morgan fingerprint density at radius 1 is 1.14 bits per heavy atom. The highest BCUT2D eigenvalue weighted by atomic mass is 16.5. The zero-order chi connectivity index (χ0) is 16.7. The van der Waals surface area contributed by atoms with Crippen LogP contribution in [0.1, 0.15) is 34.1 Å². The lowest BCUT2D eigenvalue weighted by atomic mass is 10.0. The van der Waals surface area contributed by atoms with Crippen LogP contribution in [0.4, 0.5) is 0 Å². The average Bonchev–Trinajstić information content (AvgIpc) is 2.35. The van der Waals surface area contributed by atoms with Crippen LogP contribution in [-0.2, 0) is 19.1 Å². The summed E-state index contributed by atoms with van der Waals surface area (Å²) in [6.45, 7) is 6.58. The number of nitrogens with one attached hydrogen (secondary N) is 1. The monoisotopic (exact) mass is 303 g/mol. The number of nitrogens with two attached hydrogens (primary N) is 2. The maximum absolute atomic E-state index is 11.9. The van der Waals surface area contributed by atoms with E-state index in [1.165, 1.54) is 13.8 Å². The Bertz CT molecular complexity index is 384. The topological polar surface area (TPSA) is 145 Å². The van der Waals surface area contributed by atoms with Crippen molar-refractivity contribution < 1.29 is 24.2 Å². The van der Waals surface area contributed by atoms with Gasteiger partial charge >= 0.3 is 11.9 Å². The van der Waals surface area contributed by atoms with E-state index in [4.69, 9.17) is 21.3 Å². The second kappa shape index (κ2) is 8.58. The molecule has 0 saturated heterocycles. The number of ether oxygens (including phenoxy) is 1. The second-order valence-corrected chi connectivity index (χ2v) is 5.49. The van der Waals surface area contributed by atoms with Gasteiger partial charge in [-0.2, -0.15) is 0 Å².